The Hall–Kier alpha value is -2.73. The number of hydrogen-bond acceptors (Lipinski definition) is 4. The molecule has 0 aromatic carbocycles. The van der Waals surface area contributed by atoms with Crippen LogP contribution in [-0.4, -0.2) is 20.4 Å². The van der Waals surface area contributed by atoms with Gasteiger partial charge in [0.25, 0.3) is 0 Å². The molecule has 22 heavy (non-hydrogen) atoms. The van der Waals surface area contributed by atoms with Crippen LogP contribution >= 0.6 is 11.3 Å². The Kier molecular flexibility index (Phi) is 4.41. The van der Waals surface area contributed by atoms with E-state index in [2.05, 4.69) is 15.3 Å². The number of pyridine rings is 1. The Bertz CT molecular complexity index is 746. The zero-order chi connectivity index (χ0) is 15.2. The number of hydrogen-bond donors (Lipinski definition) is 1. The van der Waals surface area contributed by atoms with Crippen LogP contribution in [0.3, 0.4) is 0 Å². The van der Waals surface area contributed by atoms with Gasteiger partial charge in [-0.3, -0.25) is 9.36 Å². The number of rotatable bonds is 5. The summed E-state index contributed by atoms with van der Waals surface area (Å²) in [6.45, 7) is 0.449. The Morgan fingerprint density at radius 2 is 2.32 bits per heavy atom. The molecule has 0 atom stereocenters. The van der Waals surface area contributed by atoms with Crippen LogP contribution in [0.15, 0.2) is 60.6 Å². The van der Waals surface area contributed by atoms with Gasteiger partial charge < -0.3 is 5.32 Å². The summed E-state index contributed by atoms with van der Waals surface area (Å²) in [5.74, 6) is 0.678. The van der Waals surface area contributed by atoms with Gasteiger partial charge in [-0.25, -0.2) is 9.97 Å². The van der Waals surface area contributed by atoms with Gasteiger partial charge in [-0.1, -0.05) is 12.1 Å². The lowest BCUT2D eigenvalue weighted by Gasteiger charge is -2.04. The molecule has 6 heteroatoms. The number of imidazole rings is 1. The van der Waals surface area contributed by atoms with E-state index in [0.29, 0.717) is 6.54 Å². The summed E-state index contributed by atoms with van der Waals surface area (Å²) in [5, 5.41) is 4.81. The molecule has 3 aromatic rings. The normalized spacial score (nSPS) is 10.9. The Balaban J connectivity index is 1.54. The molecule has 0 fully saturated rings. The highest BCUT2D eigenvalue weighted by atomic mass is 32.1. The molecule has 0 aliphatic rings. The van der Waals surface area contributed by atoms with Gasteiger partial charge in [0, 0.05) is 36.1 Å². The fourth-order valence-corrected chi connectivity index (χ4v) is 2.48. The fraction of sp³-hybridized carbons (Fsp3) is 0.0625. The number of carbonyl (C=O) groups excluding carboxylic acids is 1. The first-order valence-corrected chi connectivity index (χ1v) is 7.62. The molecule has 3 aromatic heterocycles. The first kappa shape index (κ1) is 14.2. The summed E-state index contributed by atoms with van der Waals surface area (Å²) in [7, 11) is 0. The summed E-state index contributed by atoms with van der Waals surface area (Å²) in [5.41, 5.74) is 0.946. The fourth-order valence-electron chi connectivity index (χ4n) is 1.86. The van der Waals surface area contributed by atoms with E-state index in [0.717, 1.165) is 16.3 Å². The van der Waals surface area contributed by atoms with Gasteiger partial charge in [-0.15, -0.1) is 11.3 Å². The molecular formula is C16H14N4OS. The molecule has 0 radical (unpaired) electrons. The number of aromatic nitrogens is 3. The number of nitrogens with zero attached hydrogens (tertiary/aromatic N) is 3. The summed E-state index contributed by atoms with van der Waals surface area (Å²) in [6.07, 6.45) is 10.3. The lowest BCUT2D eigenvalue weighted by molar-refractivity contribution is -0.116. The maximum Gasteiger partial charge on any atom is 0.244 e. The van der Waals surface area contributed by atoms with Gasteiger partial charge in [0.1, 0.15) is 12.1 Å². The van der Waals surface area contributed by atoms with Crippen LogP contribution in [0.5, 0.6) is 0 Å². The maximum absolute atomic E-state index is 11.7. The van der Waals surface area contributed by atoms with E-state index in [1.807, 2.05) is 40.4 Å². The monoisotopic (exact) mass is 310 g/mol. The van der Waals surface area contributed by atoms with E-state index in [-0.39, 0.29) is 5.91 Å². The standard InChI is InChI=1S/C16H14N4OS/c21-16(6-4-14-2-1-9-22-14)19-11-13-3-5-15(18-10-13)20-8-7-17-12-20/h1-10,12H,11H2,(H,19,21)/b6-4+. The minimum atomic E-state index is -0.118. The number of thiophene rings is 1. The molecular weight excluding hydrogens is 296 g/mol. The highest BCUT2D eigenvalue weighted by Gasteiger charge is 2.00. The van der Waals surface area contributed by atoms with Crippen molar-refractivity contribution >= 4 is 23.3 Å². The minimum absolute atomic E-state index is 0.118. The predicted octanol–water partition coefficient (Wildman–Crippen LogP) is 2.66. The first-order valence-electron chi connectivity index (χ1n) is 6.74. The molecule has 5 nitrogen and oxygen atoms in total. The van der Waals surface area contributed by atoms with E-state index in [1.54, 1.807) is 42.2 Å². The third kappa shape index (κ3) is 3.67. The van der Waals surface area contributed by atoms with Crippen LogP contribution in [0.1, 0.15) is 10.4 Å². The smallest absolute Gasteiger partial charge is 0.244 e. The molecule has 0 saturated heterocycles. The first-order chi connectivity index (χ1) is 10.8. The molecule has 1 N–H and O–H groups in total. The van der Waals surface area contributed by atoms with Crippen molar-refractivity contribution in [3.63, 3.8) is 0 Å². The minimum Gasteiger partial charge on any atom is -0.348 e. The average Bonchev–Trinajstić information content (AvgIpc) is 3.24. The van der Waals surface area contributed by atoms with Gasteiger partial charge in [0.2, 0.25) is 5.91 Å². The summed E-state index contributed by atoms with van der Waals surface area (Å²) in [6, 6.07) is 7.75. The van der Waals surface area contributed by atoms with Crippen LogP contribution in [0.25, 0.3) is 11.9 Å². The third-order valence-corrected chi connectivity index (χ3v) is 3.82. The molecule has 0 saturated carbocycles. The second kappa shape index (κ2) is 6.82. The Morgan fingerprint density at radius 1 is 1.36 bits per heavy atom. The van der Waals surface area contributed by atoms with Crippen LogP contribution in [-0.2, 0) is 11.3 Å². The molecule has 3 heterocycles. The topological polar surface area (TPSA) is 59.8 Å². The van der Waals surface area contributed by atoms with Crippen molar-refractivity contribution in [2.75, 3.05) is 0 Å². The van der Waals surface area contributed by atoms with Crippen molar-refractivity contribution in [1.29, 1.82) is 0 Å². The van der Waals surface area contributed by atoms with E-state index in [4.69, 9.17) is 0 Å². The quantitative estimate of drug-likeness (QED) is 0.737. The van der Waals surface area contributed by atoms with Crippen molar-refractivity contribution in [3.05, 3.63) is 71.1 Å². The van der Waals surface area contributed by atoms with Crippen LogP contribution in [0.2, 0.25) is 0 Å². The van der Waals surface area contributed by atoms with Gasteiger partial charge in [0.05, 0.1) is 0 Å². The van der Waals surface area contributed by atoms with Crippen LogP contribution in [0.4, 0.5) is 0 Å². The predicted molar refractivity (Wildman–Crippen MR) is 86.6 cm³/mol. The van der Waals surface area contributed by atoms with Crippen molar-refractivity contribution < 1.29 is 4.79 Å². The highest BCUT2D eigenvalue weighted by molar-refractivity contribution is 7.10. The number of carbonyl (C=O) groups is 1. The van der Waals surface area contributed by atoms with E-state index >= 15 is 0 Å². The largest absolute Gasteiger partial charge is 0.348 e. The van der Waals surface area contributed by atoms with E-state index in [1.165, 1.54) is 0 Å². The van der Waals surface area contributed by atoms with Crippen LogP contribution in [0, 0.1) is 0 Å². The highest BCUT2D eigenvalue weighted by Crippen LogP contribution is 2.10. The summed E-state index contributed by atoms with van der Waals surface area (Å²) < 4.78 is 1.83. The Morgan fingerprint density at radius 3 is 3.00 bits per heavy atom. The van der Waals surface area contributed by atoms with E-state index < -0.39 is 0 Å². The van der Waals surface area contributed by atoms with Gasteiger partial charge in [-0.05, 0) is 29.2 Å². The van der Waals surface area contributed by atoms with Crippen molar-refractivity contribution in [1.82, 2.24) is 19.9 Å². The Labute approximate surface area is 132 Å². The molecule has 0 aliphatic carbocycles. The van der Waals surface area contributed by atoms with Gasteiger partial charge in [0.15, 0.2) is 0 Å². The van der Waals surface area contributed by atoms with Crippen molar-refractivity contribution in [2.45, 2.75) is 6.54 Å². The van der Waals surface area contributed by atoms with Gasteiger partial charge in [-0.2, -0.15) is 0 Å². The molecule has 0 bridgehead atoms. The van der Waals surface area contributed by atoms with Crippen LogP contribution < -0.4 is 5.32 Å². The molecule has 110 valence electrons. The second-order valence-electron chi connectivity index (χ2n) is 4.56. The molecule has 0 spiro atoms. The third-order valence-electron chi connectivity index (χ3n) is 2.99. The number of nitrogens with one attached hydrogen (secondary N) is 1. The molecule has 0 unspecified atom stereocenters. The van der Waals surface area contributed by atoms with E-state index in [9.17, 15) is 4.79 Å². The molecule has 3 rings (SSSR count). The lowest BCUT2D eigenvalue weighted by Crippen LogP contribution is -2.20. The number of amides is 1. The molecule has 1 amide bonds. The maximum atomic E-state index is 11.7. The summed E-state index contributed by atoms with van der Waals surface area (Å²) >= 11 is 1.60. The summed E-state index contributed by atoms with van der Waals surface area (Å²) in [4.78, 5) is 21.1. The SMILES string of the molecule is O=C(/C=C/c1cccs1)NCc1ccc(-n2ccnc2)nc1. The second-order valence-corrected chi connectivity index (χ2v) is 5.54. The molecule has 0 aliphatic heterocycles. The zero-order valence-electron chi connectivity index (χ0n) is 11.7. The van der Waals surface area contributed by atoms with Crippen molar-refractivity contribution in [3.8, 4) is 5.82 Å². The lowest BCUT2D eigenvalue weighted by atomic mass is 10.2. The van der Waals surface area contributed by atoms with Gasteiger partial charge >= 0.3 is 0 Å². The van der Waals surface area contributed by atoms with Crippen molar-refractivity contribution in [2.24, 2.45) is 0 Å². The average molecular weight is 310 g/mol. The zero-order valence-corrected chi connectivity index (χ0v) is 12.5.